The van der Waals surface area contributed by atoms with Crippen LogP contribution in [0.25, 0.3) is 33.7 Å². The molecule has 2 aromatic carbocycles. The molecule has 0 amide bonds. The number of nitrogens with one attached hydrogen (secondary N) is 3. The molecule has 0 atom stereocenters. The minimum absolute atomic E-state index is 0.405. The van der Waals surface area contributed by atoms with Gasteiger partial charge in [0.15, 0.2) is 0 Å². The van der Waals surface area contributed by atoms with Crippen molar-refractivity contribution in [3.63, 3.8) is 0 Å². The molecular formula is C20H15N7S. The lowest BCUT2D eigenvalue weighted by Gasteiger charge is -1.97. The molecule has 8 heteroatoms. The second kappa shape index (κ2) is 6.75. The van der Waals surface area contributed by atoms with E-state index in [4.69, 9.17) is 12.2 Å². The number of para-hydroxylation sites is 1. The molecule has 0 aliphatic carbocycles. The van der Waals surface area contributed by atoms with Crippen molar-refractivity contribution >= 4 is 29.3 Å². The Balaban J connectivity index is 1.52. The van der Waals surface area contributed by atoms with Crippen molar-refractivity contribution in [1.29, 1.82) is 0 Å². The van der Waals surface area contributed by atoms with E-state index < -0.39 is 0 Å². The van der Waals surface area contributed by atoms with Gasteiger partial charge in [-0.05, 0) is 24.4 Å². The van der Waals surface area contributed by atoms with E-state index in [-0.39, 0.29) is 0 Å². The van der Waals surface area contributed by atoms with Crippen LogP contribution in [-0.2, 0) is 0 Å². The first-order chi connectivity index (χ1) is 13.8. The van der Waals surface area contributed by atoms with E-state index >= 15 is 0 Å². The lowest BCUT2D eigenvalue weighted by molar-refractivity contribution is 0.866. The highest BCUT2D eigenvalue weighted by molar-refractivity contribution is 7.71. The molecule has 3 N–H and O–H groups in total. The second-order valence-corrected chi connectivity index (χ2v) is 6.62. The summed E-state index contributed by atoms with van der Waals surface area (Å²) in [5, 5.41) is 20.1. The van der Waals surface area contributed by atoms with Gasteiger partial charge in [0.1, 0.15) is 5.69 Å². The summed E-state index contributed by atoms with van der Waals surface area (Å²) in [5.41, 5.74) is 4.60. The number of benzene rings is 2. The van der Waals surface area contributed by atoms with Gasteiger partial charge in [0.25, 0.3) is 0 Å². The molecule has 5 rings (SSSR count). The lowest BCUT2D eigenvalue weighted by Crippen LogP contribution is -1.95. The standard InChI is InChI=1S/C20H15N7S/c28-20-26-25-19(18-10-17(23-24-18)13-6-2-1-3-7-13)27(20)22-12-14-11-21-16-9-5-4-8-15(14)16/h1-12,21H,(H,23,24)(H,26,28). The average Bonchev–Trinajstić information content (AvgIpc) is 3.46. The van der Waals surface area contributed by atoms with Crippen LogP contribution in [0.1, 0.15) is 5.56 Å². The normalized spacial score (nSPS) is 11.6. The summed E-state index contributed by atoms with van der Waals surface area (Å²) in [6, 6.07) is 19.9. The van der Waals surface area contributed by atoms with Crippen LogP contribution < -0.4 is 0 Å². The van der Waals surface area contributed by atoms with Gasteiger partial charge in [-0.1, -0.05) is 48.5 Å². The fourth-order valence-corrected chi connectivity index (χ4v) is 3.27. The highest BCUT2D eigenvalue weighted by Crippen LogP contribution is 2.23. The zero-order chi connectivity index (χ0) is 18.9. The van der Waals surface area contributed by atoms with E-state index in [9.17, 15) is 0 Å². The van der Waals surface area contributed by atoms with E-state index in [1.807, 2.05) is 66.9 Å². The van der Waals surface area contributed by atoms with Crippen molar-refractivity contribution in [3.8, 4) is 22.8 Å². The summed E-state index contributed by atoms with van der Waals surface area (Å²) in [6.45, 7) is 0. The molecular weight excluding hydrogens is 370 g/mol. The van der Waals surface area contributed by atoms with E-state index in [0.717, 1.165) is 33.4 Å². The van der Waals surface area contributed by atoms with Gasteiger partial charge in [0.2, 0.25) is 10.6 Å². The number of aromatic nitrogens is 6. The highest BCUT2D eigenvalue weighted by atomic mass is 32.1. The van der Waals surface area contributed by atoms with Crippen LogP contribution >= 0.6 is 12.2 Å². The first-order valence-corrected chi connectivity index (χ1v) is 9.09. The van der Waals surface area contributed by atoms with Crippen LogP contribution in [0.3, 0.4) is 0 Å². The van der Waals surface area contributed by atoms with Gasteiger partial charge in [-0.3, -0.25) is 5.10 Å². The second-order valence-electron chi connectivity index (χ2n) is 6.23. The number of fused-ring (bicyclic) bond motifs is 1. The maximum atomic E-state index is 5.35. The van der Waals surface area contributed by atoms with Crippen molar-refractivity contribution in [2.45, 2.75) is 0 Å². The van der Waals surface area contributed by atoms with Crippen molar-refractivity contribution in [3.05, 3.63) is 77.2 Å². The molecule has 0 aliphatic heterocycles. The third-order valence-corrected chi connectivity index (χ3v) is 4.74. The molecule has 28 heavy (non-hydrogen) atoms. The largest absolute Gasteiger partial charge is 0.361 e. The Hall–Kier alpha value is -3.78. The summed E-state index contributed by atoms with van der Waals surface area (Å²) in [5.74, 6) is 0.566. The van der Waals surface area contributed by atoms with Gasteiger partial charge in [-0.25, -0.2) is 5.10 Å². The topological polar surface area (TPSA) is 90.4 Å². The average molecular weight is 385 g/mol. The third-order valence-electron chi connectivity index (χ3n) is 4.47. The van der Waals surface area contributed by atoms with Gasteiger partial charge < -0.3 is 4.98 Å². The molecule has 0 spiro atoms. The molecule has 0 saturated carbocycles. The van der Waals surface area contributed by atoms with E-state index in [1.54, 1.807) is 10.9 Å². The van der Waals surface area contributed by atoms with Crippen LogP contribution in [0.15, 0.2) is 72.0 Å². The summed E-state index contributed by atoms with van der Waals surface area (Å²) in [4.78, 5) is 3.23. The number of hydrogen-bond acceptors (Lipinski definition) is 4. The Bertz CT molecular complexity index is 1340. The minimum atomic E-state index is 0.405. The van der Waals surface area contributed by atoms with Crippen LogP contribution in [0.4, 0.5) is 0 Å². The SMILES string of the molecule is S=c1[nH]nc(-c2cc(-c3ccccc3)n[nH]2)n1N=Cc1c[nH]c2ccccc12. The van der Waals surface area contributed by atoms with E-state index in [0.29, 0.717) is 10.6 Å². The Morgan fingerprint density at radius 1 is 0.964 bits per heavy atom. The number of H-pyrrole nitrogens is 3. The molecule has 7 nitrogen and oxygen atoms in total. The van der Waals surface area contributed by atoms with E-state index in [1.165, 1.54) is 0 Å². The molecule has 0 fully saturated rings. The molecule has 3 heterocycles. The monoisotopic (exact) mass is 385 g/mol. The number of rotatable bonds is 4. The fourth-order valence-electron chi connectivity index (χ4n) is 3.09. The van der Waals surface area contributed by atoms with Crippen molar-refractivity contribution in [2.24, 2.45) is 5.10 Å². The molecule has 0 radical (unpaired) electrons. The highest BCUT2D eigenvalue weighted by Gasteiger charge is 2.12. The van der Waals surface area contributed by atoms with Crippen LogP contribution in [0, 0.1) is 4.77 Å². The van der Waals surface area contributed by atoms with Crippen LogP contribution in [0.2, 0.25) is 0 Å². The maximum Gasteiger partial charge on any atom is 0.216 e. The fraction of sp³-hybridized carbons (Fsp3) is 0. The Morgan fingerprint density at radius 2 is 1.79 bits per heavy atom. The molecule has 0 bridgehead atoms. The van der Waals surface area contributed by atoms with Crippen molar-refractivity contribution in [2.75, 3.05) is 0 Å². The first-order valence-electron chi connectivity index (χ1n) is 8.69. The molecule has 136 valence electrons. The Morgan fingerprint density at radius 3 is 2.68 bits per heavy atom. The molecule has 3 aromatic heterocycles. The minimum Gasteiger partial charge on any atom is -0.361 e. The summed E-state index contributed by atoms with van der Waals surface area (Å²) in [7, 11) is 0. The van der Waals surface area contributed by atoms with Crippen molar-refractivity contribution in [1.82, 2.24) is 30.1 Å². The lowest BCUT2D eigenvalue weighted by atomic mass is 10.1. The van der Waals surface area contributed by atoms with Gasteiger partial charge in [-0.15, -0.1) is 0 Å². The molecule has 0 saturated heterocycles. The number of nitrogens with zero attached hydrogens (tertiary/aromatic N) is 4. The van der Waals surface area contributed by atoms with Gasteiger partial charge in [-0.2, -0.15) is 20.0 Å². The Kier molecular flexibility index (Phi) is 3.95. The summed E-state index contributed by atoms with van der Waals surface area (Å²) in [6.07, 6.45) is 3.68. The molecule has 5 aromatic rings. The zero-order valence-corrected chi connectivity index (χ0v) is 15.4. The Labute approximate surface area is 164 Å². The smallest absolute Gasteiger partial charge is 0.216 e. The van der Waals surface area contributed by atoms with Gasteiger partial charge in [0, 0.05) is 28.2 Å². The predicted molar refractivity (Wildman–Crippen MR) is 112 cm³/mol. The molecule has 0 unspecified atom stereocenters. The van der Waals surface area contributed by atoms with Crippen LogP contribution in [0.5, 0.6) is 0 Å². The van der Waals surface area contributed by atoms with E-state index in [2.05, 4.69) is 30.5 Å². The van der Waals surface area contributed by atoms with Crippen molar-refractivity contribution < 1.29 is 0 Å². The van der Waals surface area contributed by atoms with Gasteiger partial charge in [0.05, 0.1) is 11.9 Å². The first kappa shape index (κ1) is 16.4. The summed E-state index contributed by atoms with van der Waals surface area (Å²) < 4.78 is 1.99. The number of hydrogen-bond donors (Lipinski definition) is 3. The molecule has 0 aliphatic rings. The van der Waals surface area contributed by atoms with Crippen LogP contribution in [-0.4, -0.2) is 36.3 Å². The third kappa shape index (κ3) is 2.85. The predicted octanol–water partition coefficient (Wildman–Crippen LogP) is 4.36. The van der Waals surface area contributed by atoms with Gasteiger partial charge >= 0.3 is 0 Å². The quantitative estimate of drug-likeness (QED) is 0.317. The maximum absolute atomic E-state index is 5.35. The summed E-state index contributed by atoms with van der Waals surface area (Å²) >= 11 is 5.35. The number of aromatic amines is 3. The zero-order valence-electron chi connectivity index (χ0n) is 14.6.